The van der Waals surface area contributed by atoms with E-state index in [1.165, 1.54) is 25.7 Å². The number of furan rings is 1. The van der Waals surface area contributed by atoms with Gasteiger partial charge in [0.1, 0.15) is 11.2 Å². The van der Waals surface area contributed by atoms with Gasteiger partial charge in [-0.3, -0.25) is 0 Å². The van der Waals surface area contributed by atoms with Crippen LogP contribution < -0.4 is 0 Å². The molecule has 0 aliphatic heterocycles. The van der Waals surface area contributed by atoms with Gasteiger partial charge in [0, 0.05) is 47.6 Å². The Balaban J connectivity index is 1.22. The fourth-order valence-corrected chi connectivity index (χ4v) is 7.97. The number of fused-ring (bicyclic) bond motifs is 7. The number of hydrogen-bond donors (Lipinski definition) is 0. The Labute approximate surface area is 279 Å². The van der Waals surface area contributed by atoms with Gasteiger partial charge in [0.15, 0.2) is 17.5 Å². The number of thiophene rings is 1. The first kappa shape index (κ1) is 27.0. The van der Waals surface area contributed by atoms with Crippen LogP contribution in [0.25, 0.3) is 98.2 Å². The highest BCUT2D eigenvalue weighted by Crippen LogP contribution is 2.41. The first-order chi connectivity index (χ1) is 23.8. The standard InChI is InChI=1S/C43H25N3OS/c1-2-10-26(11-3-1)27-20-22-28(23-21-27)41-44-42(46-43(45-41)33-16-9-19-39-40(33)32-14-5-7-18-38(32)48-39)31-15-8-12-29-24-37-35(25-34(29)31)30-13-4-6-17-36(30)47-37/h1-25H. The van der Waals surface area contributed by atoms with Gasteiger partial charge in [-0.15, -0.1) is 11.3 Å². The number of benzene rings is 7. The minimum Gasteiger partial charge on any atom is -0.456 e. The number of rotatable bonds is 4. The third kappa shape index (κ3) is 4.33. The maximum Gasteiger partial charge on any atom is 0.164 e. The summed E-state index contributed by atoms with van der Waals surface area (Å²) >= 11 is 1.80. The molecule has 3 aromatic heterocycles. The predicted molar refractivity (Wildman–Crippen MR) is 199 cm³/mol. The van der Waals surface area contributed by atoms with Crippen molar-refractivity contribution in [2.24, 2.45) is 0 Å². The summed E-state index contributed by atoms with van der Waals surface area (Å²) in [5.74, 6) is 1.93. The van der Waals surface area contributed by atoms with Crippen LogP contribution >= 0.6 is 11.3 Å². The van der Waals surface area contributed by atoms with Crippen LogP contribution in [0.5, 0.6) is 0 Å². The summed E-state index contributed by atoms with van der Waals surface area (Å²) in [4.78, 5) is 15.6. The van der Waals surface area contributed by atoms with E-state index in [-0.39, 0.29) is 0 Å². The quantitative estimate of drug-likeness (QED) is 0.194. The third-order valence-corrected chi connectivity index (χ3v) is 10.3. The van der Waals surface area contributed by atoms with Crippen LogP contribution in [0.2, 0.25) is 0 Å². The van der Waals surface area contributed by atoms with Crippen molar-refractivity contribution >= 4 is 64.2 Å². The number of aromatic nitrogens is 3. The zero-order valence-corrected chi connectivity index (χ0v) is 26.4. The summed E-state index contributed by atoms with van der Waals surface area (Å²) < 4.78 is 8.69. The molecule has 0 saturated heterocycles. The minimum absolute atomic E-state index is 0.636. The summed E-state index contributed by atoms with van der Waals surface area (Å²) in [6.07, 6.45) is 0. The van der Waals surface area contributed by atoms with Gasteiger partial charge in [-0.25, -0.2) is 15.0 Å². The van der Waals surface area contributed by atoms with Crippen molar-refractivity contribution in [3.63, 3.8) is 0 Å². The van der Waals surface area contributed by atoms with E-state index in [0.717, 1.165) is 55.0 Å². The Bertz CT molecular complexity index is 2830. The van der Waals surface area contributed by atoms with E-state index in [1.807, 2.05) is 18.2 Å². The van der Waals surface area contributed by atoms with E-state index in [4.69, 9.17) is 19.4 Å². The van der Waals surface area contributed by atoms with Crippen molar-refractivity contribution in [1.82, 2.24) is 15.0 Å². The molecule has 0 saturated carbocycles. The Kier molecular flexibility index (Phi) is 6.01. The van der Waals surface area contributed by atoms with Gasteiger partial charge < -0.3 is 4.42 Å². The summed E-state index contributed by atoms with van der Waals surface area (Å²) in [5, 5.41) is 6.69. The molecule has 48 heavy (non-hydrogen) atoms. The SMILES string of the molecule is c1ccc(-c2ccc(-c3nc(-c4cccc5cc6oc7ccccc7c6cc45)nc(-c4cccc5sc6ccccc6c45)n3)cc2)cc1. The second-order valence-corrected chi connectivity index (χ2v) is 13.1. The largest absolute Gasteiger partial charge is 0.456 e. The molecule has 0 radical (unpaired) electrons. The van der Waals surface area contributed by atoms with Crippen LogP contribution in [0.3, 0.4) is 0 Å². The van der Waals surface area contributed by atoms with E-state index in [2.05, 4.69) is 133 Å². The summed E-state index contributed by atoms with van der Waals surface area (Å²) in [7, 11) is 0. The maximum atomic E-state index is 6.23. The van der Waals surface area contributed by atoms with Gasteiger partial charge in [-0.2, -0.15) is 0 Å². The average Bonchev–Trinajstić information content (AvgIpc) is 3.72. The van der Waals surface area contributed by atoms with E-state index in [1.54, 1.807) is 11.3 Å². The molecule has 0 N–H and O–H groups in total. The van der Waals surface area contributed by atoms with Crippen LogP contribution in [-0.2, 0) is 0 Å². The molecule has 5 heteroatoms. The molecule has 0 bridgehead atoms. The lowest BCUT2D eigenvalue weighted by Crippen LogP contribution is -2.01. The van der Waals surface area contributed by atoms with Crippen molar-refractivity contribution in [3.05, 3.63) is 152 Å². The molecule has 0 aliphatic rings. The Morgan fingerprint density at radius 2 is 1.04 bits per heavy atom. The van der Waals surface area contributed by atoms with Gasteiger partial charge in [0.25, 0.3) is 0 Å². The number of para-hydroxylation sites is 1. The topological polar surface area (TPSA) is 51.8 Å². The zero-order chi connectivity index (χ0) is 31.6. The summed E-state index contributed by atoms with van der Waals surface area (Å²) in [5.41, 5.74) is 6.95. The predicted octanol–water partition coefficient (Wildman–Crippen LogP) is 12.0. The van der Waals surface area contributed by atoms with Crippen LogP contribution in [-0.4, -0.2) is 15.0 Å². The molecular formula is C43H25N3OS. The van der Waals surface area contributed by atoms with Crippen molar-refractivity contribution in [2.45, 2.75) is 0 Å². The second-order valence-electron chi connectivity index (χ2n) is 12.0. The fraction of sp³-hybridized carbons (Fsp3) is 0. The highest BCUT2D eigenvalue weighted by Gasteiger charge is 2.19. The molecule has 0 spiro atoms. The molecule has 0 aliphatic carbocycles. The van der Waals surface area contributed by atoms with Crippen molar-refractivity contribution in [2.75, 3.05) is 0 Å². The van der Waals surface area contributed by atoms with Crippen molar-refractivity contribution in [1.29, 1.82) is 0 Å². The van der Waals surface area contributed by atoms with Gasteiger partial charge in [0.05, 0.1) is 0 Å². The van der Waals surface area contributed by atoms with E-state index in [9.17, 15) is 0 Å². The van der Waals surface area contributed by atoms with E-state index < -0.39 is 0 Å². The molecule has 4 nitrogen and oxygen atoms in total. The normalized spacial score (nSPS) is 11.8. The average molecular weight is 632 g/mol. The minimum atomic E-state index is 0.636. The lowest BCUT2D eigenvalue weighted by molar-refractivity contribution is 0.669. The molecule has 0 amide bonds. The Hall–Kier alpha value is -6.17. The molecule has 10 aromatic rings. The van der Waals surface area contributed by atoms with Gasteiger partial charge >= 0.3 is 0 Å². The molecule has 3 heterocycles. The van der Waals surface area contributed by atoms with Crippen molar-refractivity contribution < 1.29 is 4.42 Å². The maximum absolute atomic E-state index is 6.23. The highest BCUT2D eigenvalue weighted by molar-refractivity contribution is 7.25. The Morgan fingerprint density at radius 1 is 0.396 bits per heavy atom. The lowest BCUT2D eigenvalue weighted by atomic mass is 10.0. The molecule has 0 unspecified atom stereocenters. The fourth-order valence-electron chi connectivity index (χ4n) is 6.84. The van der Waals surface area contributed by atoms with Crippen molar-refractivity contribution in [3.8, 4) is 45.3 Å². The van der Waals surface area contributed by atoms with Gasteiger partial charge in [0.2, 0.25) is 0 Å². The van der Waals surface area contributed by atoms with Crippen LogP contribution in [0.4, 0.5) is 0 Å². The second kappa shape index (κ2) is 10.7. The lowest BCUT2D eigenvalue weighted by Gasteiger charge is -2.12. The summed E-state index contributed by atoms with van der Waals surface area (Å²) in [6, 6.07) is 52.7. The molecule has 7 aromatic carbocycles. The third-order valence-electron chi connectivity index (χ3n) is 9.15. The van der Waals surface area contributed by atoms with Gasteiger partial charge in [-0.05, 0) is 52.2 Å². The number of nitrogens with zero attached hydrogens (tertiary/aromatic N) is 3. The zero-order valence-electron chi connectivity index (χ0n) is 25.6. The monoisotopic (exact) mass is 631 g/mol. The van der Waals surface area contributed by atoms with Crippen LogP contribution in [0.1, 0.15) is 0 Å². The smallest absolute Gasteiger partial charge is 0.164 e. The Morgan fingerprint density at radius 3 is 1.92 bits per heavy atom. The molecule has 224 valence electrons. The van der Waals surface area contributed by atoms with Crippen LogP contribution in [0.15, 0.2) is 156 Å². The molecule has 0 atom stereocenters. The molecule has 0 fully saturated rings. The molecule has 10 rings (SSSR count). The van der Waals surface area contributed by atoms with Gasteiger partial charge in [-0.1, -0.05) is 121 Å². The molecular weight excluding hydrogens is 607 g/mol. The first-order valence-corrected chi connectivity index (χ1v) is 16.8. The van der Waals surface area contributed by atoms with Crippen LogP contribution in [0, 0.1) is 0 Å². The van der Waals surface area contributed by atoms with E-state index >= 15 is 0 Å². The highest BCUT2D eigenvalue weighted by atomic mass is 32.1. The summed E-state index contributed by atoms with van der Waals surface area (Å²) in [6.45, 7) is 0. The number of hydrogen-bond acceptors (Lipinski definition) is 5. The van der Waals surface area contributed by atoms with E-state index in [0.29, 0.717) is 17.5 Å². The first-order valence-electron chi connectivity index (χ1n) is 15.9.